The number of fused-ring (bicyclic) bond motifs is 4. The van der Waals surface area contributed by atoms with Crippen LogP contribution in [0.2, 0.25) is 0 Å². The molecule has 2 aromatic rings. The van der Waals surface area contributed by atoms with E-state index in [1.807, 2.05) is 12.4 Å². The summed E-state index contributed by atoms with van der Waals surface area (Å²) in [6.45, 7) is 2.31. The normalized spacial score (nSPS) is 24.3. The van der Waals surface area contributed by atoms with E-state index in [-0.39, 0.29) is 36.7 Å². The second-order valence-corrected chi connectivity index (χ2v) is 9.32. The highest BCUT2D eigenvalue weighted by molar-refractivity contribution is 8.14. The Hall–Kier alpha value is -3.37. The Labute approximate surface area is 195 Å². The number of benzene rings is 2. The molecule has 6 rings (SSSR count). The van der Waals surface area contributed by atoms with Gasteiger partial charge in [-0.25, -0.2) is 5.43 Å². The molecule has 0 radical (unpaired) electrons. The molecule has 0 spiro atoms. The summed E-state index contributed by atoms with van der Waals surface area (Å²) in [5.41, 5.74) is 10.1. The first kappa shape index (κ1) is 20.3. The van der Waals surface area contributed by atoms with Gasteiger partial charge in [-0.3, -0.25) is 10.2 Å². The number of hydrazine groups is 1. The van der Waals surface area contributed by atoms with Crippen molar-refractivity contribution in [1.82, 2.24) is 20.8 Å². The summed E-state index contributed by atoms with van der Waals surface area (Å²) in [7, 11) is 0. The first-order valence-corrected chi connectivity index (χ1v) is 11.9. The van der Waals surface area contributed by atoms with E-state index >= 15 is 0 Å². The number of hydrazone groups is 1. The molecule has 1 amide bonds. The van der Waals surface area contributed by atoms with E-state index < -0.39 is 0 Å². The van der Waals surface area contributed by atoms with Gasteiger partial charge in [0.15, 0.2) is 16.7 Å². The van der Waals surface area contributed by atoms with Gasteiger partial charge >= 0.3 is 0 Å². The number of amidine groups is 1. The Morgan fingerprint density at radius 1 is 1.18 bits per heavy atom. The molecule has 2 aromatic carbocycles. The number of hydrogen-bond acceptors (Lipinski definition) is 9. The molecule has 0 bridgehead atoms. The van der Waals surface area contributed by atoms with E-state index in [2.05, 4.69) is 62.4 Å². The van der Waals surface area contributed by atoms with Gasteiger partial charge in [0, 0.05) is 24.2 Å². The van der Waals surface area contributed by atoms with Crippen LogP contribution in [0.1, 0.15) is 23.6 Å². The number of hydrogen-bond donors (Lipinski definition) is 3. The second-order valence-electron chi connectivity index (χ2n) is 8.38. The maximum Gasteiger partial charge on any atom is 0.234 e. The number of carbonyl (C=O) groups is 1. The van der Waals surface area contributed by atoms with Gasteiger partial charge < -0.3 is 24.7 Å². The van der Waals surface area contributed by atoms with Gasteiger partial charge in [0.25, 0.3) is 0 Å². The van der Waals surface area contributed by atoms with Crippen LogP contribution in [-0.4, -0.2) is 45.7 Å². The van der Waals surface area contributed by atoms with Crippen molar-refractivity contribution in [3.63, 3.8) is 0 Å². The van der Waals surface area contributed by atoms with Crippen molar-refractivity contribution in [2.45, 2.75) is 31.6 Å². The first-order valence-electron chi connectivity index (χ1n) is 10.9. The van der Waals surface area contributed by atoms with E-state index in [9.17, 15) is 4.79 Å². The molecule has 0 aromatic heterocycles. The Morgan fingerprint density at radius 3 is 2.91 bits per heavy atom. The highest BCUT2D eigenvalue weighted by Crippen LogP contribution is 2.36. The summed E-state index contributed by atoms with van der Waals surface area (Å²) in [6, 6.07) is 14.5. The fraction of sp³-hybridized carbons (Fsp3) is 0.304. The third-order valence-electron chi connectivity index (χ3n) is 6.17. The lowest BCUT2D eigenvalue weighted by molar-refractivity contribution is -0.113. The van der Waals surface area contributed by atoms with Crippen LogP contribution in [0.3, 0.4) is 0 Å². The molecule has 3 N–H and O–H groups in total. The third-order valence-corrected chi connectivity index (χ3v) is 7.14. The van der Waals surface area contributed by atoms with Crippen molar-refractivity contribution in [3.8, 4) is 11.5 Å². The molecule has 1 saturated heterocycles. The SMILES string of the molecule is Cc1ccc(C2CC3C4NN=C(SCC(=O)Nc5ccc6c(c5)OCO6)N4C=CN3N2)cc1. The van der Waals surface area contributed by atoms with E-state index in [0.29, 0.717) is 17.2 Å². The summed E-state index contributed by atoms with van der Waals surface area (Å²) in [4.78, 5) is 14.6. The van der Waals surface area contributed by atoms with Crippen LogP contribution in [0.4, 0.5) is 5.69 Å². The van der Waals surface area contributed by atoms with Crippen LogP contribution in [-0.2, 0) is 4.79 Å². The lowest BCUT2D eigenvalue weighted by Crippen LogP contribution is -2.54. The summed E-state index contributed by atoms with van der Waals surface area (Å²) in [5.74, 6) is 1.49. The number of ether oxygens (including phenoxy) is 2. The Morgan fingerprint density at radius 2 is 2.03 bits per heavy atom. The predicted molar refractivity (Wildman–Crippen MR) is 126 cm³/mol. The Balaban J connectivity index is 1.05. The molecule has 0 aliphatic carbocycles. The highest BCUT2D eigenvalue weighted by atomic mass is 32.2. The van der Waals surface area contributed by atoms with E-state index in [0.717, 1.165) is 11.6 Å². The summed E-state index contributed by atoms with van der Waals surface area (Å²) in [5, 5.41) is 10.4. The lowest BCUT2D eigenvalue weighted by Gasteiger charge is -2.36. The minimum atomic E-state index is -0.102. The topological polar surface area (TPSA) is 90.5 Å². The van der Waals surface area contributed by atoms with Crippen LogP contribution in [0, 0.1) is 6.92 Å². The van der Waals surface area contributed by atoms with Gasteiger partial charge in [0.05, 0.1) is 17.8 Å². The molecular weight excluding hydrogens is 440 g/mol. The summed E-state index contributed by atoms with van der Waals surface area (Å²) in [6.07, 6.45) is 5.04. The highest BCUT2D eigenvalue weighted by Gasteiger charge is 2.44. The number of amides is 1. The largest absolute Gasteiger partial charge is 0.454 e. The van der Waals surface area contributed by atoms with Crippen LogP contribution < -0.4 is 25.6 Å². The van der Waals surface area contributed by atoms with Crippen LogP contribution in [0.25, 0.3) is 0 Å². The quantitative estimate of drug-likeness (QED) is 0.637. The minimum Gasteiger partial charge on any atom is -0.454 e. The number of aryl methyl sites for hydroxylation is 1. The van der Waals surface area contributed by atoms with E-state index in [4.69, 9.17) is 9.47 Å². The number of thioether (sulfide) groups is 1. The number of nitrogens with zero attached hydrogens (tertiary/aromatic N) is 3. The van der Waals surface area contributed by atoms with Gasteiger partial charge in [-0.1, -0.05) is 41.6 Å². The molecular formula is C23H24N6O3S. The van der Waals surface area contributed by atoms with Crippen molar-refractivity contribution in [2.24, 2.45) is 5.10 Å². The number of rotatable bonds is 4. The number of nitrogens with one attached hydrogen (secondary N) is 3. The minimum absolute atomic E-state index is 0.0253. The van der Waals surface area contributed by atoms with Crippen molar-refractivity contribution < 1.29 is 14.3 Å². The zero-order chi connectivity index (χ0) is 22.4. The fourth-order valence-corrected chi connectivity index (χ4v) is 5.24. The monoisotopic (exact) mass is 464 g/mol. The van der Waals surface area contributed by atoms with Crippen LogP contribution >= 0.6 is 11.8 Å². The summed E-state index contributed by atoms with van der Waals surface area (Å²) >= 11 is 1.41. The molecule has 4 aliphatic heterocycles. The van der Waals surface area contributed by atoms with Gasteiger partial charge in [0.1, 0.15) is 6.17 Å². The zero-order valence-electron chi connectivity index (χ0n) is 18.0. The van der Waals surface area contributed by atoms with Crippen LogP contribution in [0.5, 0.6) is 11.5 Å². The molecule has 3 unspecified atom stereocenters. The molecule has 3 atom stereocenters. The molecule has 0 saturated carbocycles. The number of anilines is 1. The Kier molecular flexibility index (Phi) is 5.03. The van der Waals surface area contributed by atoms with Crippen LogP contribution in [0.15, 0.2) is 60.0 Å². The average Bonchev–Trinajstić information content (AvgIpc) is 3.55. The van der Waals surface area contributed by atoms with Gasteiger partial charge in [0.2, 0.25) is 12.7 Å². The van der Waals surface area contributed by atoms with Gasteiger partial charge in [-0.05, 0) is 31.0 Å². The standard InChI is InChI=1S/C23H24N6O3S/c1-14-2-4-15(5-3-14)17-11-18-22-25-26-23(28(22)8-9-29(18)27-17)33-12-21(30)24-16-6-7-19-20(10-16)32-13-31-19/h2-10,17-18,22,25,27H,11-13H2,1H3,(H,24,30). The van der Waals surface area contributed by atoms with Gasteiger partial charge in [-0.2, -0.15) is 5.10 Å². The third kappa shape index (κ3) is 3.85. The smallest absolute Gasteiger partial charge is 0.234 e. The van der Waals surface area contributed by atoms with E-state index in [1.54, 1.807) is 18.2 Å². The van der Waals surface area contributed by atoms with Crippen molar-refractivity contribution >= 4 is 28.5 Å². The summed E-state index contributed by atoms with van der Waals surface area (Å²) < 4.78 is 10.7. The van der Waals surface area contributed by atoms with Gasteiger partial charge in [-0.15, -0.1) is 0 Å². The fourth-order valence-electron chi connectivity index (χ4n) is 4.47. The molecule has 4 heterocycles. The second kappa shape index (κ2) is 8.20. The first-order chi connectivity index (χ1) is 16.1. The average molecular weight is 465 g/mol. The molecule has 10 heteroatoms. The molecule has 1 fully saturated rings. The maximum absolute atomic E-state index is 12.5. The van der Waals surface area contributed by atoms with Crippen molar-refractivity contribution in [1.29, 1.82) is 0 Å². The number of carbonyl (C=O) groups excluding carboxylic acids is 1. The Bertz CT molecular complexity index is 1140. The van der Waals surface area contributed by atoms with Crippen molar-refractivity contribution in [3.05, 3.63) is 66.0 Å². The van der Waals surface area contributed by atoms with Crippen molar-refractivity contribution in [2.75, 3.05) is 17.9 Å². The maximum atomic E-state index is 12.5. The van der Waals surface area contributed by atoms with E-state index in [1.165, 1.54) is 22.9 Å². The molecule has 33 heavy (non-hydrogen) atoms. The predicted octanol–water partition coefficient (Wildman–Crippen LogP) is 2.70. The molecule has 170 valence electrons. The zero-order valence-corrected chi connectivity index (χ0v) is 18.8. The molecule has 9 nitrogen and oxygen atoms in total. The molecule has 4 aliphatic rings. The lowest BCUT2D eigenvalue weighted by atomic mass is 9.99.